The van der Waals surface area contributed by atoms with Gasteiger partial charge in [0.1, 0.15) is 11.3 Å². The molecule has 1 saturated heterocycles. The zero-order valence-electron chi connectivity index (χ0n) is 20.1. The Kier molecular flexibility index (Phi) is 5.85. The first-order chi connectivity index (χ1) is 17.2. The lowest BCUT2D eigenvalue weighted by atomic mass is 9.93. The van der Waals surface area contributed by atoms with Crippen molar-refractivity contribution in [3.05, 3.63) is 48.7 Å². The van der Waals surface area contributed by atoms with E-state index >= 15 is 0 Å². The minimum absolute atomic E-state index is 0.0447. The number of anilines is 1. The molecule has 0 aromatic carbocycles. The third-order valence-electron chi connectivity index (χ3n) is 7.26. The van der Waals surface area contributed by atoms with E-state index in [1.54, 1.807) is 6.20 Å². The number of hydrogen-bond acceptors (Lipinski definition) is 6. The number of carbonyl (C=O) groups excluding carboxylic acids is 1. The molecule has 1 N–H and O–H groups in total. The number of fused-ring (bicyclic) bond motifs is 2. The Morgan fingerprint density at radius 3 is 2.71 bits per heavy atom. The summed E-state index contributed by atoms with van der Waals surface area (Å²) in [4.78, 5) is 24.0. The van der Waals surface area contributed by atoms with Crippen LogP contribution in [-0.2, 0) is 4.74 Å². The number of nitrogens with one attached hydrogen (secondary N) is 1. The molecule has 9 heteroatoms. The highest BCUT2D eigenvalue weighted by Crippen LogP contribution is 2.28. The number of nitrogens with zero attached hydrogens (tertiary/aromatic N) is 6. The predicted octanol–water partition coefficient (Wildman–Crippen LogP) is 4.04. The third kappa shape index (κ3) is 4.25. The SMILES string of the molecule is CCOC1CCC(Nc2ncc3c(-c4ccc5ncc(C(=O)N6CCCC6)n5c4)ccn3n2)CC1. The van der Waals surface area contributed by atoms with Gasteiger partial charge in [-0.1, -0.05) is 0 Å². The Morgan fingerprint density at radius 2 is 1.91 bits per heavy atom. The average molecular weight is 474 g/mol. The topological polar surface area (TPSA) is 89.1 Å². The van der Waals surface area contributed by atoms with E-state index in [9.17, 15) is 4.79 Å². The van der Waals surface area contributed by atoms with Crippen LogP contribution in [0.3, 0.4) is 0 Å². The number of pyridine rings is 1. The molecule has 2 aliphatic rings. The van der Waals surface area contributed by atoms with E-state index in [4.69, 9.17) is 9.84 Å². The molecule has 1 aliphatic heterocycles. The second kappa shape index (κ2) is 9.30. The van der Waals surface area contributed by atoms with Gasteiger partial charge >= 0.3 is 0 Å². The van der Waals surface area contributed by atoms with Gasteiger partial charge in [-0.2, -0.15) is 0 Å². The molecule has 6 rings (SSSR count). The third-order valence-corrected chi connectivity index (χ3v) is 7.26. The maximum absolute atomic E-state index is 13.0. The zero-order valence-corrected chi connectivity index (χ0v) is 20.1. The Labute approximate surface area is 204 Å². The van der Waals surface area contributed by atoms with Crippen LogP contribution in [0.25, 0.3) is 22.3 Å². The molecule has 1 amide bonds. The molecule has 0 bridgehead atoms. The zero-order chi connectivity index (χ0) is 23.8. The molecule has 0 radical (unpaired) electrons. The monoisotopic (exact) mass is 473 g/mol. The van der Waals surface area contributed by atoms with Gasteiger partial charge < -0.3 is 15.0 Å². The largest absolute Gasteiger partial charge is 0.379 e. The average Bonchev–Trinajstić information content (AvgIpc) is 3.64. The van der Waals surface area contributed by atoms with Crippen LogP contribution in [-0.4, -0.2) is 66.6 Å². The van der Waals surface area contributed by atoms with E-state index in [1.165, 1.54) is 0 Å². The summed E-state index contributed by atoms with van der Waals surface area (Å²) in [5.41, 5.74) is 4.30. The van der Waals surface area contributed by atoms with Gasteiger partial charge in [0, 0.05) is 49.3 Å². The van der Waals surface area contributed by atoms with Gasteiger partial charge in [-0.25, -0.2) is 14.5 Å². The van der Waals surface area contributed by atoms with E-state index in [1.807, 2.05) is 50.6 Å². The molecular formula is C26H31N7O2. The van der Waals surface area contributed by atoms with Gasteiger partial charge in [0.05, 0.1) is 24.0 Å². The van der Waals surface area contributed by atoms with Crippen LogP contribution >= 0.6 is 0 Å². The normalized spacial score (nSPS) is 20.7. The van der Waals surface area contributed by atoms with Crippen molar-refractivity contribution in [1.82, 2.24) is 28.9 Å². The van der Waals surface area contributed by atoms with Gasteiger partial charge in [0.15, 0.2) is 0 Å². The van der Waals surface area contributed by atoms with Crippen LogP contribution in [0.1, 0.15) is 55.9 Å². The van der Waals surface area contributed by atoms with Crippen molar-refractivity contribution < 1.29 is 9.53 Å². The fourth-order valence-corrected chi connectivity index (χ4v) is 5.38. The second-order valence-electron chi connectivity index (χ2n) is 9.50. The summed E-state index contributed by atoms with van der Waals surface area (Å²) < 4.78 is 9.53. The first kappa shape index (κ1) is 22.0. The van der Waals surface area contributed by atoms with Crippen molar-refractivity contribution in [2.45, 2.75) is 57.6 Å². The predicted molar refractivity (Wildman–Crippen MR) is 134 cm³/mol. The Bertz CT molecular complexity index is 1350. The first-order valence-corrected chi connectivity index (χ1v) is 12.7. The molecule has 182 valence electrons. The van der Waals surface area contributed by atoms with Crippen molar-refractivity contribution in [1.29, 1.82) is 0 Å². The lowest BCUT2D eigenvalue weighted by Gasteiger charge is -2.28. The fourth-order valence-electron chi connectivity index (χ4n) is 5.38. The molecule has 2 fully saturated rings. The molecule has 35 heavy (non-hydrogen) atoms. The molecular weight excluding hydrogens is 442 g/mol. The van der Waals surface area contributed by atoms with Crippen LogP contribution in [0.15, 0.2) is 43.0 Å². The minimum atomic E-state index is 0.0447. The standard InChI is InChI=1S/C26H31N7O2/c1-2-35-20-8-6-19(7-9-20)29-26-28-15-22-21(11-14-33(22)30-26)18-5-10-24-27-16-23(32(24)17-18)25(34)31-12-3-4-13-31/h5,10-11,14-17,19-20H,2-4,6-9,12-13H2,1H3,(H,29,30). The van der Waals surface area contributed by atoms with Gasteiger partial charge in [-0.15, -0.1) is 5.10 Å². The smallest absolute Gasteiger partial charge is 0.272 e. The van der Waals surface area contributed by atoms with Crippen LogP contribution in [0.2, 0.25) is 0 Å². The molecule has 1 saturated carbocycles. The van der Waals surface area contributed by atoms with Gasteiger partial charge in [0.2, 0.25) is 5.95 Å². The number of carbonyl (C=O) groups is 1. The molecule has 0 unspecified atom stereocenters. The molecule has 4 aromatic heterocycles. The van der Waals surface area contributed by atoms with Gasteiger partial charge in [-0.3, -0.25) is 9.20 Å². The van der Waals surface area contributed by atoms with Crippen molar-refractivity contribution in [2.75, 3.05) is 25.0 Å². The first-order valence-electron chi connectivity index (χ1n) is 12.7. The lowest BCUT2D eigenvalue weighted by molar-refractivity contribution is 0.0346. The van der Waals surface area contributed by atoms with Gasteiger partial charge in [0.25, 0.3) is 5.91 Å². The second-order valence-corrected chi connectivity index (χ2v) is 9.50. The van der Waals surface area contributed by atoms with Crippen LogP contribution in [0.4, 0.5) is 5.95 Å². The molecule has 9 nitrogen and oxygen atoms in total. The van der Waals surface area contributed by atoms with Crippen LogP contribution < -0.4 is 5.32 Å². The summed E-state index contributed by atoms with van der Waals surface area (Å²) in [5.74, 6) is 0.686. The maximum Gasteiger partial charge on any atom is 0.272 e. The number of rotatable bonds is 6. The summed E-state index contributed by atoms with van der Waals surface area (Å²) in [6.07, 6.45) is 14.3. The van der Waals surface area contributed by atoms with Gasteiger partial charge in [-0.05, 0) is 63.6 Å². The van der Waals surface area contributed by atoms with Crippen LogP contribution in [0, 0.1) is 0 Å². The number of aromatic nitrogens is 5. The Morgan fingerprint density at radius 1 is 1.09 bits per heavy atom. The quantitative estimate of drug-likeness (QED) is 0.455. The number of imidazole rings is 1. The highest BCUT2D eigenvalue weighted by Gasteiger charge is 2.24. The summed E-state index contributed by atoms with van der Waals surface area (Å²) >= 11 is 0. The number of hydrogen-bond donors (Lipinski definition) is 1. The van der Waals surface area contributed by atoms with Crippen molar-refractivity contribution >= 4 is 23.0 Å². The van der Waals surface area contributed by atoms with E-state index < -0.39 is 0 Å². The molecule has 1 aliphatic carbocycles. The van der Waals surface area contributed by atoms with Crippen molar-refractivity contribution in [2.24, 2.45) is 0 Å². The summed E-state index contributed by atoms with van der Waals surface area (Å²) in [6, 6.07) is 6.40. The van der Waals surface area contributed by atoms with E-state index in [-0.39, 0.29) is 5.91 Å². The van der Waals surface area contributed by atoms with E-state index in [0.717, 1.165) is 80.5 Å². The van der Waals surface area contributed by atoms with Crippen molar-refractivity contribution in [3.63, 3.8) is 0 Å². The molecule has 0 atom stereocenters. The Balaban J connectivity index is 1.23. The van der Waals surface area contributed by atoms with Crippen LogP contribution in [0.5, 0.6) is 0 Å². The highest BCUT2D eigenvalue weighted by atomic mass is 16.5. The lowest BCUT2D eigenvalue weighted by Crippen LogP contribution is -2.30. The summed E-state index contributed by atoms with van der Waals surface area (Å²) in [6.45, 7) is 4.47. The molecule has 5 heterocycles. The number of amides is 1. The summed E-state index contributed by atoms with van der Waals surface area (Å²) in [5, 5.41) is 8.20. The van der Waals surface area contributed by atoms with E-state index in [0.29, 0.717) is 23.8 Å². The van der Waals surface area contributed by atoms with Crippen molar-refractivity contribution in [3.8, 4) is 11.1 Å². The van der Waals surface area contributed by atoms with E-state index in [2.05, 4.69) is 22.2 Å². The number of likely N-dealkylation sites (tertiary alicyclic amines) is 1. The number of ether oxygens (including phenoxy) is 1. The fraction of sp³-hybridized carbons (Fsp3) is 0.462. The minimum Gasteiger partial charge on any atom is -0.379 e. The molecule has 4 aromatic rings. The Hall–Kier alpha value is -3.46. The molecule has 0 spiro atoms. The summed E-state index contributed by atoms with van der Waals surface area (Å²) in [7, 11) is 0. The highest BCUT2D eigenvalue weighted by molar-refractivity contribution is 5.93. The maximum atomic E-state index is 13.0.